The highest BCUT2D eigenvalue weighted by molar-refractivity contribution is 7.80. The molecular weight excluding hydrogens is 549 g/mol. The van der Waals surface area contributed by atoms with E-state index in [1.165, 1.54) is 11.0 Å². The Morgan fingerprint density at radius 3 is 2.59 bits per heavy atom. The van der Waals surface area contributed by atoms with Gasteiger partial charge in [0, 0.05) is 32.7 Å². The number of piperazine rings is 1. The fourth-order valence-electron chi connectivity index (χ4n) is 4.77. The first-order valence-electron chi connectivity index (χ1n) is 13.6. The summed E-state index contributed by atoms with van der Waals surface area (Å²) in [5.74, 6) is -1.31. The van der Waals surface area contributed by atoms with Gasteiger partial charge < -0.3 is 29.5 Å². The Balaban J connectivity index is 1.26. The van der Waals surface area contributed by atoms with Crippen LogP contribution in [0.1, 0.15) is 29.3 Å². The van der Waals surface area contributed by atoms with Gasteiger partial charge in [-0.2, -0.15) is 0 Å². The zero-order valence-electron chi connectivity index (χ0n) is 23.6. The van der Waals surface area contributed by atoms with Gasteiger partial charge in [0.2, 0.25) is 0 Å². The second-order valence-corrected chi connectivity index (χ2v) is 10.8. The number of hydrogen-bond donors (Lipinski definition) is 1. The number of thiocarbonyl (C=S) groups is 1. The number of nitrogens with zero attached hydrogens (tertiary/aromatic N) is 4. The Hall–Kier alpha value is -3.77. The van der Waals surface area contributed by atoms with Gasteiger partial charge in [-0.05, 0) is 56.4 Å². The van der Waals surface area contributed by atoms with Gasteiger partial charge in [0.15, 0.2) is 6.61 Å². The molecule has 2 aliphatic rings. The van der Waals surface area contributed by atoms with Crippen molar-refractivity contribution in [3.63, 3.8) is 0 Å². The number of ether oxygens (including phenoxy) is 2. The number of nitrogens with one attached hydrogen (secondary N) is 1. The minimum absolute atomic E-state index is 0.295. The van der Waals surface area contributed by atoms with Crippen molar-refractivity contribution in [2.24, 2.45) is 0 Å². The van der Waals surface area contributed by atoms with Crippen molar-refractivity contribution in [3.05, 3.63) is 59.4 Å². The molecule has 0 aliphatic carbocycles. The van der Waals surface area contributed by atoms with Gasteiger partial charge in [0.25, 0.3) is 5.91 Å². The number of esters is 1. The van der Waals surface area contributed by atoms with E-state index in [2.05, 4.69) is 5.32 Å². The molecule has 0 radical (unpaired) electrons. The van der Waals surface area contributed by atoms with Crippen LogP contribution in [0.5, 0.6) is 0 Å². The summed E-state index contributed by atoms with van der Waals surface area (Å²) in [6.45, 7) is 4.53. The maximum Gasteiger partial charge on any atom is 0.414 e. The predicted molar refractivity (Wildman–Crippen MR) is 158 cm³/mol. The minimum atomic E-state index is -0.548. The molecule has 2 fully saturated rings. The molecule has 0 bridgehead atoms. The quantitative estimate of drug-likeness (QED) is 0.334. The van der Waals surface area contributed by atoms with Crippen molar-refractivity contribution >= 4 is 46.6 Å². The van der Waals surface area contributed by atoms with Gasteiger partial charge in [-0.1, -0.05) is 31.3 Å². The van der Waals surface area contributed by atoms with Crippen molar-refractivity contribution in [3.8, 4) is 0 Å². The summed E-state index contributed by atoms with van der Waals surface area (Å²) in [4.78, 5) is 45.1. The molecule has 1 unspecified atom stereocenters. The van der Waals surface area contributed by atoms with Crippen molar-refractivity contribution in [1.29, 1.82) is 0 Å². The maximum absolute atomic E-state index is 15.1. The molecule has 12 heteroatoms. The number of anilines is 2. The van der Waals surface area contributed by atoms with Crippen LogP contribution in [0.3, 0.4) is 0 Å². The summed E-state index contributed by atoms with van der Waals surface area (Å²) in [5, 5.41) is 3.06. The first-order chi connectivity index (χ1) is 19.6. The van der Waals surface area contributed by atoms with Crippen LogP contribution in [-0.2, 0) is 20.8 Å². The molecule has 2 aromatic carbocycles. The van der Waals surface area contributed by atoms with Crippen LogP contribution in [0.15, 0.2) is 42.5 Å². The monoisotopic (exact) mass is 585 g/mol. The lowest BCUT2D eigenvalue weighted by molar-refractivity contribution is -0.134. The number of hydrogen-bond acceptors (Lipinski definition) is 8. The molecule has 2 saturated heterocycles. The molecule has 2 amide bonds. The molecule has 0 aromatic heterocycles. The zero-order valence-corrected chi connectivity index (χ0v) is 24.4. The summed E-state index contributed by atoms with van der Waals surface area (Å²) >= 11 is 5.15. The highest BCUT2D eigenvalue weighted by atomic mass is 32.1. The standard InChI is InChI=1S/C29H36FN5O5S/c1-4-26(41)31-16-23-18-35(29(38)40-23)22-8-9-25(24(30)15-22)33-10-12-34(13-11-33)27(36)19-39-28(37)21-7-5-6-20(14-21)17-32(2)3/h5-9,14-15,23H,4,10-13,16-19H2,1-3H3,(H,31,41). The summed E-state index contributed by atoms with van der Waals surface area (Å²) in [6, 6.07) is 11.8. The SMILES string of the molecule is CCC(=S)NCC1CN(c2ccc(N3CCN(C(=O)COC(=O)c4cccc(CN(C)C)c4)CC3)c(F)c2)C(=O)O1. The Morgan fingerprint density at radius 1 is 1.15 bits per heavy atom. The van der Waals surface area contributed by atoms with Crippen LogP contribution >= 0.6 is 12.2 Å². The van der Waals surface area contributed by atoms with E-state index in [1.54, 1.807) is 35.2 Å². The van der Waals surface area contributed by atoms with Crippen molar-refractivity contribution in [1.82, 2.24) is 15.1 Å². The number of cyclic esters (lactones) is 1. The van der Waals surface area contributed by atoms with Crippen LogP contribution < -0.4 is 15.1 Å². The number of rotatable bonds is 10. The summed E-state index contributed by atoms with van der Waals surface area (Å²) < 4.78 is 25.8. The number of halogens is 1. The van der Waals surface area contributed by atoms with E-state index < -0.39 is 17.9 Å². The maximum atomic E-state index is 15.1. The summed E-state index contributed by atoms with van der Waals surface area (Å²) in [7, 11) is 3.89. The van der Waals surface area contributed by atoms with Crippen LogP contribution in [0.4, 0.5) is 20.6 Å². The van der Waals surface area contributed by atoms with Crippen molar-refractivity contribution < 1.29 is 28.2 Å². The van der Waals surface area contributed by atoms with Gasteiger partial charge in [0.05, 0.1) is 35.0 Å². The lowest BCUT2D eigenvalue weighted by Crippen LogP contribution is -2.50. The van der Waals surface area contributed by atoms with Crippen LogP contribution in [-0.4, -0.2) is 98.8 Å². The lowest BCUT2D eigenvalue weighted by Gasteiger charge is -2.36. The smallest absolute Gasteiger partial charge is 0.414 e. The first kappa shape index (κ1) is 30.2. The second kappa shape index (κ2) is 13.7. The molecule has 2 heterocycles. The number of carbonyl (C=O) groups is 3. The molecule has 41 heavy (non-hydrogen) atoms. The minimum Gasteiger partial charge on any atom is -0.452 e. The average molecular weight is 586 g/mol. The molecule has 2 aromatic rings. The highest BCUT2D eigenvalue weighted by Gasteiger charge is 2.33. The van der Waals surface area contributed by atoms with Gasteiger partial charge >= 0.3 is 12.1 Å². The lowest BCUT2D eigenvalue weighted by atomic mass is 10.1. The number of amides is 2. The Morgan fingerprint density at radius 2 is 1.90 bits per heavy atom. The molecule has 0 saturated carbocycles. The number of benzene rings is 2. The Kier molecular flexibility index (Phi) is 10.1. The van der Waals surface area contributed by atoms with E-state index in [0.717, 1.165) is 5.56 Å². The third-order valence-corrected chi connectivity index (χ3v) is 7.36. The van der Waals surface area contributed by atoms with Gasteiger partial charge in [-0.15, -0.1) is 0 Å². The van der Waals surface area contributed by atoms with Gasteiger partial charge in [-0.3, -0.25) is 9.69 Å². The van der Waals surface area contributed by atoms with Crippen molar-refractivity contribution in [2.75, 3.05) is 69.8 Å². The molecule has 0 spiro atoms. The third-order valence-electron chi connectivity index (χ3n) is 6.93. The van der Waals surface area contributed by atoms with E-state index in [1.807, 2.05) is 36.9 Å². The van der Waals surface area contributed by atoms with Crippen LogP contribution in [0, 0.1) is 5.82 Å². The van der Waals surface area contributed by atoms with Gasteiger partial charge in [0.1, 0.15) is 11.9 Å². The number of carbonyl (C=O) groups excluding carboxylic acids is 3. The van der Waals surface area contributed by atoms with Crippen LogP contribution in [0.2, 0.25) is 0 Å². The molecule has 1 atom stereocenters. The average Bonchev–Trinajstić information content (AvgIpc) is 3.34. The largest absolute Gasteiger partial charge is 0.452 e. The predicted octanol–water partition coefficient (Wildman–Crippen LogP) is 3.05. The Labute approximate surface area is 245 Å². The van der Waals surface area contributed by atoms with E-state index in [9.17, 15) is 14.4 Å². The topological polar surface area (TPSA) is 94.7 Å². The Bertz CT molecular complexity index is 1280. The summed E-state index contributed by atoms with van der Waals surface area (Å²) in [6.07, 6.45) is -0.206. The van der Waals surface area contributed by atoms with E-state index in [-0.39, 0.29) is 18.6 Å². The van der Waals surface area contributed by atoms with E-state index in [4.69, 9.17) is 21.7 Å². The molecule has 10 nitrogen and oxygen atoms in total. The van der Waals surface area contributed by atoms with E-state index >= 15 is 4.39 Å². The zero-order chi connectivity index (χ0) is 29.5. The normalized spacial score (nSPS) is 17.0. The van der Waals surface area contributed by atoms with Crippen LogP contribution in [0.25, 0.3) is 0 Å². The second-order valence-electron chi connectivity index (χ2n) is 10.3. The highest BCUT2D eigenvalue weighted by Crippen LogP contribution is 2.28. The fraction of sp³-hybridized carbons (Fsp3) is 0.448. The molecule has 1 N–H and O–H groups in total. The molecule has 4 rings (SSSR count). The first-order valence-corrected chi connectivity index (χ1v) is 14.0. The summed E-state index contributed by atoms with van der Waals surface area (Å²) in [5.41, 5.74) is 2.18. The van der Waals surface area contributed by atoms with E-state index in [0.29, 0.717) is 74.2 Å². The molecule has 2 aliphatic heterocycles. The van der Waals surface area contributed by atoms with Gasteiger partial charge in [-0.25, -0.2) is 14.0 Å². The fourth-order valence-corrected chi connectivity index (χ4v) is 4.86. The van der Waals surface area contributed by atoms with Crippen molar-refractivity contribution in [2.45, 2.75) is 26.0 Å². The third kappa shape index (κ3) is 7.92. The molecule has 220 valence electrons. The molecular formula is C29H36FN5O5S.